The molecule has 1 aromatic carbocycles. The lowest BCUT2D eigenvalue weighted by molar-refractivity contribution is -0.121. The Bertz CT molecular complexity index is 1360. The van der Waals surface area contributed by atoms with Gasteiger partial charge in [0.15, 0.2) is 0 Å². The number of aryl methyl sites for hydroxylation is 3. The minimum atomic E-state index is -0.398. The highest BCUT2D eigenvalue weighted by molar-refractivity contribution is 5.80. The molecule has 0 saturated heterocycles. The maximum absolute atomic E-state index is 12.7. The van der Waals surface area contributed by atoms with Gasteiger partial charge in [-0.15, -0.1) is 0 Å². The number of amides is 1. The molecule has 0 saturated carbocycles. The SMILES string of the molecule is Cc1nc2c(c(C)c1CCC(=O)NCCCN1CCc3ccccc3C1)c(=O)n(C)c(=O)n2C. The first kappa shape index (κ1) is 23.9. The fraction of sp³-hybridized carbons (Fsp3) is 0.462. The van der Waals surface area contributed by atoms with Gasteiger partial charge >= 0.3 is 5.69 Å². The van der Waals surface area contributed by atoms with Crippen LogP contribution in [0, 0.1) is 13.8 Å². The van der Waals surface area contributed by atoms with E-state index in [0.717, 1.165) is 53.9 Å². The maximum Gasteiger partial charge on any atom is 0.332 e. The van der Waals surface area contributed by atoms with Crippen molar-refractivity contribution in [1.29, 1.82) is 0 Å². The van der Waals surface area contributed by atoms with Crippen LogP contribution < -0.4 is 16.6 Å². The number of pyridine rings is 1. The Hall–Kier alpha value is -3.26. The molecule has 1 N–H and O–H groups in total. The van der Waals surface area contributed by atoms with Crippen molar-refractivity contribution in [2.45, 2.75) is 46.1 Å². The van der Waals surface area contributed by atoms with Crippen LogP contribution in [0.15, 0.2) is 33.9 Å². The van der Waals surface area contributed by atoms with E-state index in [1.54, 1.807) is 7.05 Å². The highest BCUT2D eigenvalue weighted by Crippen LogP contribution is 2.21. The van der Waals surface area contributed by atoms with Crippen molar-refractivity contribution < 1.29 is 4.79 Å². The lowest BCUT2D eigenvalue weighted by atomic mass is 9.99. The molecule has 1 aliphatic heterocycles. The van der Waals surface area contributed by atoms with E-state index in [1.807, 2.05) is 13.8 Å². The summed E-state index contributed by atoms with van der Waals surface area (Å²) < 4.78 is 2.50. The number of fused-ring (bicyclic) bond motifs is 2. The van der Waals surface area contributed by atoms with E-state index < -0.39 is 5.69 Å². The number of rotatable bonds is 7. The van der Waals surface area contributed by atoms with Crippen LogP contribution in [0.1, 0.15) is 40.8 Å². The van der Waals surface area contributed by atoms with Crippen LogP contribution in [0.4, 0.5) is 0 Å². The summed E-state index contributed by atoms with van der Waals surface area (Å²) in [6.07, 6.45) is 2.82. The zero-order valence-electron chi connectivity index (χ0n) is 20.5. The third-order valence-electron chi connectivity index (χ3n) is 6.96. The van der Waals surface area contributed by atoms with Gasteiger partial charge in [-0.1, -0.05) is 24.3 Å². The molecule has 0 atom stereocenters. The lowest BCUT2D eigenvalue weighted by Crippen LogP contribution is -2.38. The van der Waals surface area contributed by atoms with E-state index in [0.29, 0.717) is 30.4 Å². The predicted octanol–water partition coefficient (Wildman–Crippen LogP) is 1.75. The topological polar surface area (TPSA) is 89.2 Å². The fourth-order valence-corrected chi connectivity index (χ4v) is 4.91. The molecule has 0 radical (unpaired) electrons. The summed E-state index contributed by atoms with van der Waals surface area (Å²) in [5.74, 6) is -0.00347. The zero-order chi connectivity index (χ0) is 24.4. The number of carbonyl (C=O) groups is 1. The van der Waals surface area contributed by atoms with Crippen molar-refractivity contribution in [2.75, 3.05) is 19.6 Å². The average molecular weight is 464 g/mol. The van der Waals surface area contributed by atoms with Crippen LogP contribution in [0.3, 0.4) is 0 Å². The van der Waals surface area contributed by atoms with Crippen molar-refractivity contribution in [1.82, 2.24) is 24.3 Å². The molecule has 4 rings (SSSR count). The number of aromatic nitrogens is 3. The van der Waals surface area contributed by atoms with Gasteiger partial charge in [-0.05, 0) is 55.4 Å². The third-order valence-corrected chi connectivity index (χ3v) is 6.96. The summed E-state index contributed by atoms with van der Waals surface area (Å²) in [7, 11) is 3.09. The second-order valence-corrected chi connectivity index (χ2v) is 9.20. The van der Waals surface area contributed by atoms with Crippen LogP contribution in [-0.2, 0) is 38.3 Å². The van der Waals surface area contributed by atoms with Crippen LogP contribution in [0.5, 0.6) is 0 Å². The average Bonchev–Trinajstić information content (AvgIpc) is 2.83. The zero-order valence-corrected chi connectivity index (χ0v) is 20.5. The molecule has 8 heteroatoms. The monoisotopic (exact) mass is 463 g/mol. The molecule has 2 aromatic heterocycles. The highest BCUT2D eigenvalue weighted by Gasteiger charge is 2.18. The minimum Gasteiger partial charge on any atom is -0.356 e. The summed E-state index contributed by atoms with van der Waals surface area (Å²) in [5.41, 5.74) is 4.91. The highest BCUT2D eigenvalue weighted by atomic mass is 16.2. The van der Waals surface area contributed by atoms with E-state index in [4.69, 9.17) is 0 Å². The lowest BCUT2D eigenvalue weighted by Gasteiger charge is -2.28. The Morgan fingerprint density at radius 1 is 1.09 bits per heavy atom. The van der Waals surface area contributed by atoms with Crippen molar-refractivity contribution in [3.63, 3.8) is 0 Å². The van der Waals surface area contributed by atoms with Gasteiger partial charge < -0.3 is 5.32 Å². The number of benzene rings is 1. The summed E-state index contributed by atoms with van der Waals surface area (Å²) in [4.78, 5) is 44.4. The van der Waals surface area contributed by atoms with E-state index in [-0.39, 0.29) is 11.5 Å². The second-order valence-electron chi connectivity index (χ2n) is 9.20. The van der Waals surface area contributed by atoms with E-state index in [2.05, 4.69) is 39.5 Å². The van der Waals surface area contributed by atoms with Crippen molar-refractivity contribution >= 4 is 16.9 Å². The van der Waals surface area contributed by atoms with Crippen molar-refractivity contribution in [3.05, 3.63) is 73.1 Å². The molecular formula is C26H33N5O3. The van der Waals surface area contributed by atoms with E-state index in [9.17, 15) is 14.4 Å². The number of carbonyl (C=O) groups excluding carboxylic acids is 1. The molecule has 34 heavy (non-hydrogen) atoms. The molecule has 8 nitrogen and oxygen atoms in total. The first-order valence-electron chi connectivity index (χ1n) is 11.9. The molecule has 0 fully saturated rings. The number of nitrogens with one attached hydrogen (secondary N) is 1. The van der Waals surface area contributed by atoms with Gasteiger partial charge in [0.1, 0.15) is 5.65 Å². The quantitative estimate of drug-likeness (QED) is 0.539. The molecule has 0 aliphatic carbocycles. The minimum absolute atomic E-state index is 0.00347. The maximum atomic E-state index is 12.7. The number of hydrogen-bond acceptors (Lipinski definition) is 5. The first-order valence-corrected chi connectivity index (χ1v) is 11.9. The van der Waals surface area contributed by atoms with Gasteiger partial charge in [-0.25, -0.2) is 9.78 Å². The molecule has 1 aliphatic rings. The van der Waals surface area contributed by atoms with E-state index in [1.165, 1.54) is 22.7 Å². The van der Waals surface area contributed by atoms with Crippen LogP contribution in [0.25, 0.3) is 11.0 Å². The summed E-state index contributed by atoms with van der Waals surface area (Å²) in [6, 6.07) is 8.60. The fourth-order valence-electron chi connectivity index (χ4n) is 4.91. The van der Waals surface area contributed by atoms with Gasteiger partial charge in [0, 0.05) is 52.4 Å². The molecule has 3 aromatic rings. The Morgan fingerprint density at radius 3 is 2.59 bits per heavy atom. The van der Waals surface area contributed by atoms with Gasteiger partial charge in [0.2, 0.25) is 5.91 Å². The molecule has 3 heterocycles. The Kier molecular flexibility index (Phi) is 6.97. The Balaban J connectivity index is 1.32. The van der Waals surface area contributed by atoms with Gasteiger partial charge in [0.05, 0.1) is 5.39 Å². The predicted molar refractivity (Wildman–Crippen MR) is 133 cm³/mol. The van der Waals surface area contributed by atoms with Gasteiger partial charge in [-0.2, -0.15) is 0 Å². The molecule has 0 unspecified atom stereocenters. The standard InChI is InChI=1S/C26H33N5O3/c1-17-21(18(2)28-24-23(17)25(33)30(4)26(34)29(24)3)10-11-22(32)27-13-7-14-31-15-12-19-8-5-6-9-20(19)16-31/h5-6,8-9H,7,10-16H2,1-4H3,(H,27,32). The largest absolute Gasteiger partial charge is 0.356 e. The van der Waals surface area contributed by atoms with Crippen LogP contribution >= 0.6 is 0 Å². The van der Waals surface area contributed by atoms with Crippen LogP contribution in [-0.4, -0.2) is 44.6 Å². The number of nitrogens with zero attached hydrogens (tertiary/aromatic N) is 4. The Morgan fingerprint density at radius 2 is 1.82 bits per heavy atom. The first-order chi connectivity index (χ1) is 16.3. The molecule has 0 bridgehead atoms. The summed E-state index contributed by atoms with van der Waals surface area (Å²) >= 11 is 0. The molecule has 1 amide bonds. The van der Waals surface area contributed by atoms with Gasteiger partial charge in [-0.3, -0.25) is 23.6 Å². The van der Waals surface area contributed by atoms with Gasteiger partial charge in [0.25, 0.3) is 5.56 Å². The summed E-state index contributed by atoms with van der Waals surface area (Å²) in [6.45, 7) is 7.37. The molecule has 0 spiro atoms. The molecule has 180 valence electrons. The van der Waals surface area contributed by atoms with Crippen molar-refractivity contribution in [2.24, 2.45) is 14.1 Å². The summed E-state index contributed by atoms with van der Waals surface area (Å²) in [5, 5.41) is 3.47. The van der Waals surface area contributed by atoms with E-state index >= 15 is 0 Å². The number of hydrogen-bond donors (Lipinski definition) is 1. The Labute approximate surface area is 199 Å². The third kappa shape index (κ3) is 4.68. The smallest absolute Gasteiger partial charge is 0.332 e. The molecular weight excluding hydrogens is 430 g/mol. The second kappa shape index (κ2) is 9.93. The van der Waals surface area contributed by atoms with Crippen LogP contribution in [0.2, 0.25) is 0 Å². The van der Waals surface area contributed by atoms with Crippen molar-refractivity contribution in [3.8, 4) is 0 Å². The normalized spacial score (nSPS) is 13.8.